The summed E-state index contributed by atoms with van der Waals surface area (Å²) in [5, 5.41) is 23.0. The van der Waals surface area contributed by atoms with Gasteiger partial charge in [0, 0.05) is 36.3 Å². The van der Waals surface area contributed by atoms with Crippen molar-refractivity contribution in [1.82, 2.24) is 20.3 Å². The number of amides is 2. The van der Waals surface area contributed by atoms with Gasteiger partial charge in [-0.15, -0.1) is 0 Å². The molecule has 3 N–H and O–H groups in total. The topological polar surface area (TPSA) is 124 Å². The maximum absolute atomic E-state index is 12.0. The van der Waals surface area contributed by atoms with E-state index in [9.17, 15) is 14.7 Å². The van der Waals surface area contributed by atoms with Gasteiger partial charge >= 0.3 is 6.09 Å². The quantitative estimate of drug-likeness (QED) is 0.636. The number of carbonyl (C=O) groups excluding carboxylic acids is 1. The van der Waals surface area contributed by atoms with Crippen LogP contribution in [0.1, 0.15) is 56.9 Å². The summed E-state index contributed by atoms with van der Waals surface area (Å²) in [6, 6.07) is 3.48. The minimum atomic E-state index is -0.851. The molecule has 9 nitrogen and oxygen atoms in total. The molecule has 0 spiro atoms. The van der Waals surface area contributed by atoms with E-state index in [1.54, 1.807) is 11.0 Å². The number of H-pyrrole nitrogens is 1. The van der Waals surface area contributed by atoms with Crippen LogP contribution in [-0.2, 0) is 11.2 Å². The molecule has 1 aliphatic carbocycles. The van der Waals surface area contributed by atoms with Crippen molar-refractivity contribution in [3.05, 3.63) is 29.8 Å². The average molecular weight is 389 g/mol. The molecule has 0 bridgehead atoms. The average Bonchev–Trinajstić information content (AvgIpc) is 3.40. The molecule has 2 aromatic rings. The van der Waals surface area contributed by atoms with E-state index < -0.39 is 6.09 Å². The Hall–Kier alpha value is -2.84. The Morgan fingerprint density at radius 2 is 2.29 bits per heavy atom. The Labute approximate surface area is 163 Å². The van der Waals surface area contributed by atoms with Crippen LogP contribution in [0.2, 0.25) is 0 Å². The zero-order valence-electron chi connectivity index (χ0n) is 16.2. The fraction of sp³-hybridized carbons (Fsp3) is 0.579. The van der Waals surface area contributed by atoms with Crippen molar-refractivity contribution in [1.29, 1.82) is 0 Å². The number of hydrogen-bond donors (Lipinski definition) is 3. The molecule has 2 unspecified atom stereocenters. The first kappa shape index (κ1) is 19.9. The van der Waals surface area contributed by atoms with E-state index in [-0.39, 0.29) is 24.3 Å². The van der Waals surface area contributed by atoms with Gasteiger partial charge < -0.3 is 19.8 Å². The molecule has 0 saturated heterocycles. The minimum absolute atomic E-state index is 0.0179. The number of anilines is 1. The third kappa shape index (κ3) is 4.90. The van der Waals surface area contributed by atoms with Crippen molar-refractivity contribution < 1.29 is 19.2 Å². The fourth-order valence-corrected chi connectivity index (χ4v) is 3.66. The highest BCUT2D eigenvalue weighted by molar-refractivity contribution is 5.91. The smallest absolute Gasteiger partial charge is 0.407 e. The van der Waals surface area contributed by atoms with Crippen molar-refractivity contribution in [3.63, 3.8) is 0 Å². The molecule has 1 fully saturated rings. The first-order valence-corrected chi connectivity index (χ1v) is 9.70. The largest absolute Gasteiger partial charge is 0.465 e. The van der Waals surface area contributed by atoms with Crippen molar-refractivity contribution in [2.45, 2.75) is 57.9 Å². The lowest BCUT2D eigenvalue weighted by molar-refractivity contribution is -0.115. The maximum atomic E-state index is 12.0. The van der Waals surface area contributed by atoms with Gasteiger partial charge in [0.05, 0.1) is 12.6 Å². The van der Waals surface area contributed by atoms with E-state index >= 15 is 0 Å². The molecule has 2 amide bonds. The monoisotopic (exact) mass is 389 g/mol. The highest BCUT2D eigenvalue weighted by atomic mass is 16.5. The van der Waals surface area contributed by atoms with Crippen molar-refractivity contribution in [3.8, 4) is 0 Å². The van der Waals surface area contributed by atoms with E-state index in [1.165, 1.54) is 6.20 Å². The molecule has 28 heavy (non-hydrogen) atoms. The zero-order chi connectivity index (χ0) is 20.1. The Bertz CT molecular complexity index is 788. The Balaban J connectivity index is 1.56. The molecular weight excluding hydrogens is 362 g/mol. The van der Waals surface area contributed by atoms with Gasteiger partial charge in [0.25, 0.3) is 0 Å². The summed E-state index contributed by atoms with van der Waals surface area (Å²) >= 11 is 0. The van der Waals surface area contributed by atoms with Crippen LogP contribution in [0, 0.1) is 5.92 Å². The van der Waals surface area contributed by atoms with Crippen LogP contribution in [0.4, 0.5) is 10.6 Å². The van der Waals surface area contributed by atoms with E-state index in [0.717, 1.165) is 31.4 Å². The first-order chi connectivity index (χ1) is 13.5. The molecule has 0 aliphatic heterocycles. The van der Waals surface area contributed by atoms with Gasteiger partial charge in [0.2, 0.25) is 5.91 Å². The van der Waals surface area contributed by atoms with E-state index in [0.29, 0.717) is 24.0 Å². The van der Waals surface area contributed by atoms with Crippen LogP contribution < -0.4 is 5.32 Å². The number of nitrogens with one attached hydrogen (secondary N) is 2. The Morgan fingerprint density at radius 1 is 1.46 bits per heavy atom. The van der Waals surface area contributed by atoms with E-state index in [4.69, 9.17) is 4.52 Å². The predicted molar refractivity (Wildman–Crippen MR) is 102 cm³/mol. The second-order valence-corrected chi connectivity index (χ2v) is 7.52. The Kier molecular flexibility index (Phi) is 6.33. The summed E-state index contributed by atoms with van der Waals surface area (Å²) in [5.74, 6) is 1.26. The summed E-state index contributed by atoms with van der Waals surface area (Å²) in [6.45, 7) is 4.71. The summed E-state index contributed by atoms with van der Waals surface area (Å²) in [5.41, 5.74) is 0.923. The molecular formula is C19H27N5O4. The lowest BCUT2D eigenvalue weighted by Gasteiger charge is -2.28. The van der Waals surface area contributed by atoms with Crippen LogP contribution in [0.15, 0.2) is 22.9 Å². The van der Waals surface area contributed by atoms with Crippen LogP contribution >= 0.6 is 0 Å². The number of nitrogens with zero attached hydrogens (tertiary/aromatic N) is 3. The van der Waals surface area contributed by atoms with Crippen molar-refractivity contribution in [2.75, 3.05) is 11.9 Å². The fourth-order valence-electron chi connectivity index (χ4n) is 3.66. The van der Waals surface area contributed by atoms with Gasteiger partial charge in [0.1, 0.15) is 5.76 Å². The van der Waals surface area contributed by atoms with E-state index in [2.05, 4.69) is 34.5 Å². The molecule has 9 heteroatoms. The molecule has 2 heterocycles. The maximum Gasteiger partial charge on any atom is 0.407 e. The molecule has 152 valence electrons. The van der Waals surface area contributed by atoms with Gasteiger partial charge in [-0.05, 0) is 25.2 Å². The summed E-state index contributed by atoms with van der Waals surface area (Å²) in [6.07, 6.45) is 4.18. The predicted octanol–water partition coefficient (Wildman–Crippen LogP) is 3.24. The lowest BCUT2D eigenvalue weighted by Crippen LogP contribution is -2.40. The third-order valence-electron chi connectivity index (χ3n) is 5.43. The molecule has 1 saturated carbocycles. The second kappa shape index (κ2) is 8.90. The summed E-state index contributed by atoms with van der Waals surface area (Å²) in [7, 11) is 0. The minimum Gasteiger partial charge on any atom is -0.465 e. The molecule has 0 radical (unpaired) electrons. The van der Waals surface area contributed by atoms with Crippen LogP contribution in [-0.4, -0.2) is 49.9 Å². The molecule has 1 aliphatic rings. The molecule has 3 rings (SSSR count). The SMILES string of the molecule is CC[C@H](C)CN(C(=O)O)C1CCC(c2cc(NC(=O)Cc3ccno3)n[nH]2)C1. The third-order valence-corrected chi connectivity index (χ3v) is 5.43. The number of aromatic amines is 1. The lowest BCUT2D eigenvalue weighted by atomic mass is 10.0. The molecule has 0 aromatic carbocycles. The standard InChI is InChI=1S/C19H27N5O4/c1-3-12(2)11-24(19(26)27)14-5-4-13(8-14)16-10-17(23-22-16)21-18(25)9-15-6-7-20-28-15/h6-7,10,12-14H,3-5,8-9,11H2,1-2H3,(H,26,27)(H2,21,22,23,25)/t12-,13?,14?/m0/s1. The molecule has 3 atom stereocenters. The number of hydrogen-bond acceptors (Lipinski definition) is 5. The normalized spacial score (nSPS) is 20.1. The highest BCUT2D eigenvalue weighted by Crippen LogP contribution is 2.37. The Morgan fingerprint density at radius 3 is 2.96 bits per heavy atom. The van der Waals surface area contributed by atoms with Gasteiger partial charge in [0.15, 0.2) is 5.82 Å². The van der Waals surface area contributed by atoms with Gasteiger partial charge in [-0.2, -0.15) is 5.10 Å². The molecule has 2 aromatic heterocycles. The van der Waals surface area contributed by atoms with Crippen LogP contribution in [0.3, 0.4) is 0 Å². The summed E-state index contributed by atoms with van der Waals surface area (Å²) in [4.78, 5) is 25.3. The van der Waals surface area contributed by atoms with Crippen molar-refractivity contribution >= 4 is 17.8 Å². The second-order valence-electron chi connectivity index (χ2n) is 7.52. The van der Waals surface area contributed by atoms with Crippen LogP contribution in [0.25, 0.3) is 0 Å². The number of carbonyl (C=O) groups is 2. The van der Waals surface area contributed by atoms with Gasteiger partial charge in [-0.1, -0.05) is 25.4 Å². The highest BCUT2D eigenvalue weighted by Gasteiger charge is 2.34. The van der Waals surface area contributed by atoms with Gasteiger partial charge in [-0.3, -0.25) is 9.89 Å². The van der Waals surface area contributed by atoms with E-state index in [1.807, 2.05) is 6.07 Å². The summed E-state index contributed by atoms with van der Waals surface area (Å²) < 4.78 is 4.93. The van der Waals surface area contributed by atoms with Crippen molar-refractivity contribution in [2.24, 2.45) is 5.92 Å². The first-order valence-electron chi connectivity index (χ1n) is 9.70. The number of carboxylic acid groups (broad SMARTS) is 1. The van der Waals surface area contributed by atoms with Gasteiger partial charge in [-0.25, -0.2) is 4.79 Å². The van der Waals surface area contributed by atoms with Crippen LogP contribution in [0.5, 0.6) is 0 Å². The zero-order valence-corrected chi connectivity index (χ0v) is 16.2. The number of rotatable bonds is 8. The number of aromatic nitrogens is 3.